The Morgan fingerprint density at radius 2 is 1.83 bits per heavy atom. The minimum atomic E-state index is -3.42. The normalized spacial score (nSPS) is 18.9. The van der Waals surface area contributed by atoms with Crippen molar-refractivity contribution >= 4 is 21.8 Å². The molecule has 7 nitrogen and oxygen atoms in total. The van der Waals surface area contributed by atoms with Crippen molar-refractivity contribution in [3.05, 3.63) is 30.3 Å². The molecule has 0 atom stereocenters. The number of hydrogen-bond acceptors (Lipinski definition) is 4. The topological polar surface area (TPSA) is 86.8 Å². The monoisotopic (exact) mass is 421 g/mol. The van der Waals surface area contributed by atoms with E-state index in [9.17, 15) is 18.0 Å². The third-order valence-corrected chi connectivity index (χ3v) is 7.75. The van der Waals surface area contributed by atoms with Gasteiger partial charge in [-0.15, -0.1) is 0 Å². The first-order valence-electron chi connectivity index (χ1n) is 10.6. The number of nitrogens with one attached hydrogen (secondary N) is 1. The minimum Gasteiger partial charge on any atom is -0.356 e. The van der Waals surface area contributed by atoms with E-state index >= 15 is 0 Å². The molecule has 2 heterocycles. The minimum absolute atomic E-state index is 0.0390. The molecule has 2 fully saturated rings. The second-order valence-corrected chi connectivity index (χ2v) is 9.82. The first-order chi connectivity index (χ1) is 14.0. The van der Waals surface area contributed by atoms with Crippen LogP contribution in [0.4, 0.5) is 0 Å². The van der Waals surface area contributed by atoms with E-state index in [1.54, 1.807) is 28.6 Å². The zero-order chi connectivity index (χ0) is 20.7. The fourth-order valence-corrected chi connectivity index (χ4v) is 5.53. The third kappa shape index (κ3) is 6.02. The summed E-state index contributed by atoms with van der Waals surface area (Å²) in [5, 5.41) is 2.93. The van der Waals surface area contributed by atoms with E-state index in [0.717, 1.165) is 38.6 Å². The van der Waals surface area contributed by atoms with Crippen molar-refractivity contribution in [2.75, 3.05) is 32.7 Å². The predicted octanol–water partition coefficient (Wildman–Crippen LogP) is 2.00. The van der Waals surface area contributed by atoms with Crippen LogP contribution in [0.25, 0.3) is 0 Å². The molecule has 3 rings (SSSR count). The van der Waals surface area contributed by atoms with Crippen LogP contribution in [0, 0.1) is 5.92 Å². The van der Waals surface area contributed by atoms with Crippen LogP contribution < -0.4 is 5.32 Å². The summed E-state index contributed by atoms with van der Waals surface area (Å²) in [6.07, 6.45) is 5.21. The van der Waals surface area contributed by atoms with Gasteiger partial charge in [0.1, 0.15) is 0 Å². The largest absolute Gasteiger partial charge is 0.356 e. The van der Waals surface area contributed by atoms with Gasteiger partial charge in [-0.1, -0.05) is 18.2 Å². The highest BCUT2D eigenvalue weighted by Crippen LogP contribution is 2.26. The van der Waals surface area contributed by atoms with Gasteiger partial charge in [-0.2, -0.15) is 4.31 Å². The highest BCUT2D eigenvalue weighted by molar-refractivity contribution is 7.89. The van der Waals surface area contributed by atoms with Gasteiger partial charge in [0, 0.05) is 45.6 Å². The van der Waals surface area contributed by atoms with Crippen LogP contribution in [0.5, 0.6) is 0 Å². The highest BCUT2D eigenvalue weighted by atomic mass is 32.2. The molecule has 0 bridgehead atoms. The molecule has 29 heavy (non-hydrogen) atoms. The Morgan fingerprint density at radius 3 is 2.48 bits per heavy atom. The Bertz CT molecular complexity index is 789. The predicted molar refractivity (Wildman–Crippen MR) is 111 cm³/mol. The Hall–Kier alpha value is -1.93. The molecular weight excluding hydrogens is 390 g/mol. The molecule has 0 aromatic heterocycles. The molecule has 0 unspecified atom stereocenters. The maximum absolute atomic E-state index is 12.7. The van der Waals surface area contributed by atoms with Crippen molar-refractivity contribution < 1.29 is 18.0 Å². The summed E-state index contributed by atoms with van der Waals surface area (Å²) in [7, 11) is -3.42. The molecule has 8 heteroatoms. The number of sulfonamides is 1. The number of likely N-dealkylation sites (tertiary alicyclic amines) is 1. The SMILES string of the molecule is O=C(CCC1CCN(S(=O)(=O)c2ccccc2)CC1)NCCCN1CCCC1=O. The summed E-state index contributed by atoms with van der Waals surface area (Å²) in [5.74, 6) is 0.638. The average Bonchev–Trinajstić information content (AvgIpc) is 3.15. The molecule has 1 N–H and O–H groups in total. The number of piperidine rings is 1. The van der Waals surface area contributed by atoms with E-state index in [-0.39, 0.29) is 11.8 Å². The molecule has 2 aliphatic rings. The highest BCUT2D eigenvalue weighted by Gasteiger charge is 2.29. The molecule has 0 aliphatic carbocycles. The number of hydrogen-bond donors (Lipinski definition) is 1. The molecule has 1 aromatic carbocycles. The fourth-order valence-electron chi connectivity index (χ4n) is 4.04. The Balaban J connectivity index is 1.31. The lowest BCUT2D eigenvalue weighted by atomic mass is 9.93. The maximum atomic E-state index is 12.7. The number of carbonyl (C=O) groups excluding carboxylic acids is 2. The van der Waals surface area contributed by atoms with Crippen molar-refractivity contribution in [3.63, 3.8) is 0 Å². The molecule has 0 radical (unpaired) electrons. The van der Waals surface area contributed by atoms with Crippen molar-refractivity contribution in [1.82, 2.24) is 14.5 Å². The smallest absolute Gasteiger partial charge is 0.243 e. The number of benzene rings is 1. The van der Waals surface area contributed by atoms with Crippen molar-refractivity contribution in [3.8, 4) is 0 Å². The van der Waals surface area contributed by atoms with Gasteiger partial charge >= 0.3 is 0 Å². The number of carbonyl (C=O) groups is 2. The molecule has 1 aromatic rings. The lowest BCUT2D eigenvalue weighted by Gasteiger charge is -2.31. The van der Waals surface area contributed by atoms with Gasteiger partial charge in [-0.3, -0.25) is 9.59 Å². The summed E-state index contributed by atoms with van der Waals surface area (Å²) < 4.78 is 26.9. The van der Waals surface area contributed by atoms with Crippen molar-refractivity contribution in [2.24, 2.45) is 5.92 Å². The van der Waals surface area contributed by atoms with Crippen LogP contribution in [-0.2, 0) is 19.6 Å². The summed E-state index contributed by atoms with van der Waals surface area (Å²) in [5.41, 5.74) is 0. The van der Waals surface area contributed by atoms with Crippen LogP contribution in [0.2, 0.25) is 0 Å². The van der Waals surface area contributed by atoms with Crippen molar-refractivity contribution in [2.45, 2.75) is 49.8 Å². The van der Waals surface area contributed by atoms with E-state index in [0.29, 0.717) is 49.8 Å². The summed E-state index contributed by atoms with van der Waals surface area (Å²) in [6.45, 7) is 3.16. The molecule has 2 aliphatic heterocycles. The van der Waals surface area contributed by atoms with E-state index in [1.807, 2.05) is 11.0 Å². The summed E-state index contributed by atoms with van der Waals surface area (Å²) in [6, 6.07) is 8.54. The van der Waals surface area contributed by atoms with E-state index in [2.05, 4.69) is 5.32 Å². The van der Waals surface area contributed by atoms with Crippen LogP contribution in [0.1, 0.15) is 44.9 Å². The first kappa shape index (κ1) is 21.8. The number of nitrogens with zero attached hydrogens (tertiary/aromatic N) is 2. The molecular formula is C21H31N3O4S. The zero-order valence-electron chi connectivity index (χ0n) is 16.9. The van der Waals surface area contributed by atoms with Gasteiger partial charge in [0.2, 0.25) is 21.8 Å². The number of rotatable bonds is 9. The van der Waals surface area contributed by atoms with Crippen molar-refractivity contribution in [1.29, 1.82) is 0 Å². The van der Waals surface area contributed by atoms with Crippen LogP contribution in [-0.4, -0.2) is 62.2 Å². The molecule has 0 saturated carbocycles. The third-order valence-electron chi connectivity index (χ3n) is 5.83. The standard InChI is InChI=1S/C21H31N3O4S/c25-20(22-13-5-15-23-14-4-8-21(23)26)10-9-18-11-16-24(17-12-18)29(27,28)19-6-2-1-3-7-19/h1-3,6-7,18H,4-5,8-17H2,(H,22,25). The van der Waals surface area contributed by atoms with Gasteiger partial charge in [0.25, 0.3) is 0 Å². The van der Waals surface area contributed by atoms with Crippen LogP contribution in [0.15, 0.2) is 35.2 Å². The Morgan fingerprint density at radius 1 is 1.10 bits per heavy atom. The molecule has 2 saturated heterocycles. The van der Waals surface area contributed by atoms with Gasteiger partial charge in [0.15, 0.2) is 0 Å². The zero-order valence-corrected chi connectivity index (χ0v) is 17.7. The molecule has 0 spiro atoms. The van der Waals surface area contributed by atoms with Gasteiger partial charge < -0.3 is 10.2 Å². The van der Waals surface area contributed by atoms with E-state index in [1.165, 1.54) is 0 Å². The fraction of sp³-hybridized carbons (Fsp3) is 0.619. The average molecular weight is 422 g/mol. The van der Waals surface area contributed by atoms with Gasteiger partial charge in [-0.25, -0.2) is 8.42 Å². The second kappa shape index (κ2) is 10.2. The Labute approximate surface area is 173 Å². The molecule has 2 amide bonds. The van der Waals surface area contributed by atoms with E-state index in [4.69, 9.17) is 0 Å². The maximum Gasteiger partial charge on any atom is 0.243 e. The quantitative estimate of drug-likeness (QED) is 0.618. The number of amides is 2. The van der Waals surface area contributed by atoms with Gasteiger partial charge in [0.05, 0.1) is 4.90 Å². The lowest BCUT2D eigenvalue weighted by molar-refractivity contribution is -0.127. The van der Waals surface area contributed by atoms with Crippen LogP contribution >= 0.6 is 0 Å². The molecule has 160 valence electrons. The van der Waals surface area contributed by atoms with Crippen LogP contribution in [0.3, 0.4) is 0 Å². The second-order valence-electron chi connectivity index (χ2n) is 7.89. The van der Waals surface area contributed by atoms with Gasteiger partial charge in [-0.05, 0) is 50.2 Å². The summed E-state index contributed by atoms with van der Waals surface area (Å²) in [4.78, 5) is 25.8. The Kier molecular flexibility index (Phi) is 7.66. The first-order valence-corrected chi connectivity index (χ1v) is 12.0. The summed E-state index contributed by atoms with van der Waals surface area (Å²) >= 11 is 0. The van der Waals surface area contributed by atoms with E-state index < -0.39 is 10.0 Å². The lowest BCUT2D eigenvalue weighted by Crippen LogP contribution is -2.38.